The highest BCUT2D eigenvalue weighted by atomic mass is 16.5. The molecule has 1 aliphatic rings. The van der Waals surface area contributed by atoms with E-state index in [0.717, 1.165) is 54.2 Å². The van der Waals surface area contributed by atoms with E-state index < -0.39 is 0 Å². The molecule has 1 aliphatic heterocycles. The average Bonchev–Trinajstić information content (AvgIpc) is 3.28. The summed E-state index contributed by atoms with van der Waals surface area (Å²) in [5.41, 5.74) is 8.98. The van der Waals surface area contributed by atoms with Gasteiger partial charge in [-0.15, -0.1) is 0 Å². The van der Waals surface area contributed by atoms with Gasteiger partial charge in [-0.25, -0.2) is 9.97 Å². The van der Waals surface area contributed by atoms with Gasteiger partial charge in [-0.05, 0) is 33.5 Å². The molecule has 2 N–H and O–H groups in total. The van der Waals surface area contributed by atoms with Crippen LogP contribution in [-0.4, -0.2) is 85.0 Å². The zero-order valence-corrected chi connectivity index (χ0v) is 21.6. The fourth-order valence-electron chi connectivity index (χ4n) is 4.53. The van der Waals surface area contributed by atoms with Crippen LogP contribution in [-0.2, 0) is 16.1 Å². The van der Waals surface area contributed by atoms with E-state index in [0.29, 0.717) is 32.1 Å². The molecule has 3 heterocycles. The molecular weight excluding hydrogens is 456 g/mol. The molecule has 1 unspecified atom stereocenters. The van der Waals surface area contributed by atoms with E-state index in [1.807, 2.05) is 39.5 Å². The van der Waals surface area contributed by atoms with Crippen molar-refractivity contribution in [2.75, 3.05) is 63.8 Å². The van der Waals surface area contributed by atoms with Crippen molar-refractivity contribution >= 4 is 34.8 Å². The monoisotopic (exact) mass is 492 g/mol. The molecule has 0 radical (unpaired) electrons. The number of aryl methyl sites for hydroxylation is 1. The maximum absolute atomic E-state index is 10.9. The molecule has 10 heteroatoms. The maximum atomic E-state index is 10.9. The quantitative estimate of drug-likeness (QED) is 0.241. The lowest BCUT2D eigenvalue weighted by atomic mass is 10.1. The molecule has 0 aliphatic carbocycles. The second kappa shape index (κ2) is 12.0. The van der Waals surface area contributed by atoms with Gasteiger partial charge >= 0.3 is 0 Å². The number of carbonyl (C=O) groups excluding carboxylic acids is 1. The Kier molecular flexibility index (Phi) is 8.50. The van der Waals surface area contributed by atoms with Gasteiger partial charge in [0, 0.05) is 44.7 Å². The van der Waals surface area contributed by atoms with Gasteiger partial charge in [0.2, 0.25) is 6.41 Å². The first-order valence-corrected chi connectivity index (χ1v) is 12.3. The number of imidazole rings is 1. The van der Waals surface area contributed by atoms with Crippen molar-refractivity contribution in [3.05, 3.63) is 47.8 Å². The molecule has 0 spiro atoms. The van der Waals surface area contributed by atoms with Gasteiger partial charge in [-0.1, -0.05) is 29.8 Å². The first-order chi connectivity index (χ1) is 17.4. The number of benzene rings is 1. The van der Waals surface area contributed by atoms with Crippen LogP contribution in [0.25, 0.3) is 11.2 Å². The van der Waals surface area contributed by atoms with Crippen molar-refractivity contribution in [1.82, 2.24) is 24.8 Å². The fourth-order valence-corrected chi connectivity index (χ4v) is 4.53. The minimum absolute atomic E-state index is 0.203. The number of hydrogen-bond donors (Lipinski definition) is 2. The molecule has 0 bridgehead atoms. The lowest BCUT2D eigenvalue weighted by Gasteiger charge is -2.29. The third-order valence-electron chi connectivity index (χ3n) is 6.25. The van der Waals surface area contributed by atoms with E-state index in [-0.39, 0.29) is 5.92 Å². The number of anilines is 2. The van der Waals surface area contributed by atoms with Crippen molar-refractivity contribution in [3.63, 3.8) is 0 Å². The van der Waals surface area contributed by atoms with Crippen molar-refractivity contribution < 1.29 is 9.53 Å². The van der Waals surface area contributed by atoms with E-state index in [1.165, 1.54) is 5.56 Å². The molecular formula is C26H36N8O2. The molecule has 36 heavy (non-hydrogen) atoms. The molecule has 10 nitrogen and oxygen atoms in total. The molecule has 192 valence electrons. The van der Waals surface area contributed by atoms with Gasteiger partial charge in [-0.2, -0.15) is 5.10 Å². The van der Waals surface area contributed by atoms with Crippen LogP contribution in [0.1, 0.15) is 18.1 Å². The summed E-state index contributed by atoms with van der Waals surface area (Å²) in [6, 6.07) is 10.3. The molecule has 2 aromatic heterocycles. The second-order valence-corrected chi connectivity index (χ2v) is 9.53. The van der Waals surface area contributed by atoms with Crippen LogP contribution in [0.4, 0.5) is 11.5 Å². The van der Waals surface area contributed by atoms with Gasteiger partial charge in [0.25, 0.3) is 0 Å². The number of hydrogen-bond acceptors (Lipinski definition) is 8. The highest BCUT2D eigenvalue weighted by molar-refractivity contribution is 5.99. The first-order valence-electron chi connectivity index (χ1n) is 12.3. The minimum atomic E-state index is 0.203. The lowest BCUT2D eigenvalue weighted by Crippen LogP contribution is -2.36. The Bertz CT molecular complexity index is 1200. The number of morpholine rings is 1. The van der Waals surface area contributed by atoms with Crippen LogP contribution in [0.2, 0.25) is 0 Å². The smallest absolute Gasteiger partial charge is 0.207 e. The standard InChI is InChI=1S/C26H36N8O2/c1-19-6-5-7-22(12-19)20(2)30-31-24-13-23(33-8-10-36-11-9-33)25-26(29-24)34(17-28-25)16-21(14-27-18-35)15-32(3)4/h5-7,12-13,17-18,21H,8-11,14-16H2,1-4H3,(H,27,35)(H,29,31)/b30-20+. The summed E-state index contributed by atoms with van der Waals surface area (Å²) in [4.78, 5) is 25.0. The van der Waals surface area contributed by atoms with E-state index in [4.69, 9.17) is 14.7 Å². The number of carbonyl (C=O) groups is 1. The van der Waals surface area contributed by atoms with Crippen LogP contribution < -0.4 is 15.6 Å². The molecule has 1 amide bonds. The SMILES string of the molecule is C/C(=N\Nc1cc(N2CCOCC2)c2ncn(CC(CNC=O)CN(C)C)c2n1)c1cccc(C)c1. The van der Waals surface area contributed by atoms with Crippen LogP contribution in [0, 0.1) is 12.8 Å². The second-order valence-electron chi connectivity index (χ2n) is 9.53. The average molecular weight is 493 g/mol. The van der Waals surface area contributed by atoms with E-state index >= 15 is 0 Å². The Morgan fingerprint density at radius 3 is 2.81 bits per heavy atom. The molecule has 1 atom stereocenters. The number of rotatable bonds is 11. The topological polar surface area (TPSA) is 99.9 Å². The number of nitrogens with zero attached hydrogens (tertiary/aromatic N) is 6. The zero-order valence-electron chi connectivity index (χ0n) is 21.6. The van der Waals surface area contributed by atoms with Gasteiger partial charge in [-0.3, -0.25) is 10.2 Å². The summed E-state index contributed by atoms with van der Waals surface area (Å²) in [6.07, 6.45) is 2.59. The number of ether oxygens (including phenoxy) is 1. The Morgan fingerprint density at radius 2 is 2.08 bits per heavy atom. The van der Waals surface area contributed by atoms with Crippen LogP contribution >= 0.6 is 0 Å². The summed E-state index contributed by atoms with van der Waals surface area (Å²) < 4.78 is 7.64. The van der Waals surface area contributed by atoms with Crippen molar-refractivity contribution in [2.24, 2.45) is 11.0 Å². The Labute approximate surface area is 212 Å². The Balaban J connectivity index is 1.68. The molecule has 0 saturated carbocycles. The van der Waals surface area contributed by atoms with Crippen LogP contribution in [0.3, 0.4) is 0 Å². The summed E-state index contributed by atoms with van der Waals surface area (Å²) in [6.45, 7) is 9.10. The van der Waals surface area contributed by atoms with E-state index in [1.54, 1.807) is 0 Å². The van der Waals surface area contributed by atoms with Crippen molar-refractivity contribution in [2.45, 2.75) is 20.4 Å². The third kappa shape index (κ3) is 6.38. The van der Waals surface area contributed by atoms with Crippen LogP contribution in [0.5, 0.6) is 0 Å². The maximum Gasteiger partial charge on any atom is 0.207 e. The normalized spacial score (nSPS) is 15.4. The first kappa shape index (κ1) is 25.6. The summed E-state index contributed by atoms with van der Waals surface area (Å²) in [5.74, 6) is 0.863. The predicted molar refractivity (Wildman–Crippen MR) is 144 cm³/mol. The molecule has 1 aromatic carbocycles. The highest BCUT2D eigenvalue weighted by Crippen LogP contribution is 2.29. The molecule has 1 fully saturated rings. The van der Waals surface area contributed by atoms with Gasteiger partial charge in [0.05, 0.1) is 30.9 Å². The largest absolute Gasteiger partial charge is 0.378 e. The predicted octanol–water partition coefficient (Wildman–Crippen LogP) is 2.34. The summed E-state index contributed by atoms with van der Waals surface area (Å²) in [5, 5.41) is 7.46. The number of amides is 1. The fraction of sp³-hybridized carbons (Fsp3) is 0.462. The minimum Gasteiger partial charge on any atom is -0.378 e. The van der Waals surface area contributed by atoms with E-state index in [9.17, 15) is 4.79 Å². The summed E-state index contributed by atoms with van der Waals surface area (Å²) in [7, 11) is 4.07. The Morgan fingerprint density at radius 1 is 1.28 bits per heavy atom. The lowest BCUT2D eigenvalue weighted by molar-refractivity contribution is -0.109. The van der Waals surface area contributed by atoms with Crippen LogP contribution in [0.15, 0.2) is 41.8 Å². The van der Waals surface area contributed by atoms with Gasteiger partial charge in [0.1, 0.15) is 5.52 Å². The van der Waals surface area contributed by atoms with Crippen molar-refractivity contribution in [1.29, 1.82) is 0 Å². The highest BCUT2D eigenvalue weighted by Gasteiger charge is 2.20. The Hall–Kier alpha value is -3.50. The zero-order chi connectivity index (χ0) is 25.5. The number of nitrogens with one attached hydrogen (secondary N) is 2. The number of pyridine rings is 1. The number of hydrazone groups is 1. The number of aromatic nitrogens is 3. The van der Waals surface area contributed by atoms with Gasteiger partial charge < -0.3 is 24.4 Å². The van der Waals surface area contributed by atoms with Crippen molar-refractivity contribution in [3.8, 4) is 0 Å². The molecule has 3 aromatic rings. The molecule has 1 saturated heterocycles. The van der Waals surface area contributed by atoms with Gasteiger partial charge in [0.15, 0.2) is 11.5 Å². The number of fused-ring (bicyclic) bond motifs is 1. The third-order valence-corrected chi connectivity index (χ3v) is 6.25. The molecule has 4 rings (SSSR count). The van der Waals surface area contributed by atoms with E-state index in [2.05, 4.69) is 55.3 Å². The summed E-state index contributed by atoms with van der Waals surface area (Å²) >= 11 is 0.